The van der Waals surface area contributed by atoms with E-state index in [1.54, 1.807) is 6.07 Å². The highest BCUT2D eigenvalue weighted by Gasteiger charge is 2.05. The molecule has 0 bridgehead atoms. The van der Waals surface area contributed by atoms with Gasteiger partial charge in [-0.2, -0.15) is 4.98 Å². The van der Waals surface area contributed by atoms with Crippen LogP contribution in [0.2, 0.25) is 0 Å². The van der Waals surface area contributed by atoms with Crippen LogP contribution in [-0.4, -0.2) is 9.97 Å². The second-order valence-corrected chi connectivity index (χ2v) is 3.91. The Bertz CT molecular complexity index is 501. The molecule has 0 aliphatic carbocycles. The molecule has 2 rings (SSSR count). The summed E-state index contributed by atoms with van der Waals surface area (Å²) in [7, 11) is 0. The van der Waals surface area contributed by atoms with Crippen molar-refractivity contribution >= 4 is 21.6 Å². The molecule has 1 heterocycles. The van der Waals surface area contributed by atoms with Gasteiger partial charge >= 0.3 is 0 Å². The highest BCUT2D eigenvalue weighted by molar-refractivity contribution is 9.10. The van der Waals surface area contributed by atoms with Crippen LogP contribution in [0.4, 0.5) is 10.1 Å². The number of rotatable bonds is 2. The Kier molecular flexibility index (Phi) is 3.00. The van der Waals surface area contributed by atoms with Gasteiger partial charge in [0.15, 0.2) is 0 Å². The number of hydrogen-bond acceptors (Lipinski definition) is 4. The maximum atomic E-state index is 13.1. The van der Waals surface area contributed by atoms with Gasteiger partial charge in [0.05, 0.1) is 6.20 Å². The molecule has 6 heteroatoms. The Labute approximate surface area is 99.4 Å². The van der Waals surface area contributed by atoms with E-state index in [4.69, 9.17) is 10.5 Å². The van der Waals surface area contributed by atoms with Crippen LogP contribution in [-0.2, 0) is 0 Å². The van der Waals surface area contributed by atoms with Crippen molar-refractivity contribution in [3.8, 4) is 11.6 Å². The SMILES string of the molecule is Nc1cncnc1Oc1cc(F)cc(Br)c1. The Hall–Kier alpha value is -1.69. The molecule has 2 aromatic rings. The van der Waals surface area contributed by atoms with Crippen molar-refractivity contribution < 1.29 is 9.13 Å². The van der Waals surface area contributed by atoms with Crippen LogP contribution in [0.3, 0.4) is 0 Å². The minimum absolute atomic E-state index is 0.201. The first kappa shape index (κ1) is 10.8. The highest BCUT2D eigenvalue weighted by atomic mass is 79.9. The molecule has 0 amide bonds. The standard InChI is InChI=1S/C10H7BrFN3O/c11-6-1-7(12)3-8(2-6)16-10-9(13)4-14-5-15-10/h1-5H,13H2. The number of nitrogens with two attached hydrogens (primary N) is 1. The first-order valence-electron chi connectivity index (χ1n) is 4.34. The van der Waals surface area contributed by atoms with Gasteiger partial charge in [0.25, 0.3) is 0 Å². The predicted molar refractivity (Wildman–Crippen MR) is 60.6 cm³/mol. The van der Waals surface area contributed by atoms with E-state index in [-0.39, 0.29) is 5.88 Å². The molecule has 16 heavy (non-hydrogen) atoms. The maximum absolute atomic E-state index is 13.1. The van der Waals surface area contributed by atoms with Crippen molar-refractivity contribution in [2.75, 3.05) is 5.73 Å². The van der Waals surface area contributed by atoms with Crippen LogP contribution in [0.1, 0.15) is 0 Å². The second kappa shape index (κ2) is 4.44. The Balaban J connectivity index is 2.30. The van der Waals surface area contributed by atoms with Crippen molar-refractivity contribution in [3.63, 3.8) is 0 Å². The number of benzene rings is 1. The lowest BCUT2D eigenvalue weighted by Gasteiger charge is -2.06. The van der Waals surface area contributed by atoms with Crippen molar-refractivity contribution in [1.82, 2.24) is 9.97 Å². The van der Waals surface area contributed by atoms with E-state index in [1.165, 1.54) is 24.7 Å². The molecule has 0 atom stereocenters. The van der Waals surface area contributed by atoms with Crippen LogP contribution in [0.5, 0.6) is 11.6 Å². The molecule has 4 nitrogen and oxygen atoms in total. The van der Waals surface area contributed by atoms with Crippen molar-refractivity contribution in [1.29, 1.82) is 0 Å². The van der Waals surface area contributed by atoms with Crippen molar-refractivity contribution in [3.05, 3.63) is 41.0 Å². The summed E-state index contributed by atoms with van der Waals surface area (Å²) in [6.07, 6.45) is 2.72. The van der Waals surface area contributed by atoms with Crippen LogP contribution in [0.15, 0.2) is 35.2 Å². The molecule has 2 N–H and O–H groups in total. The summed E-state index contributed by atoms with van der Waals surface area (Å²) in [6, 6.07) is 4.19. The minimum Gasteiger partial charge on any atom is -0.437 e. The lowest BCUT2D eigenvalue weighted by atomic mass is 10.3. The third-order valence-corrected chi connectivity index (χ3v) is 2.21. The number of nitrogens with zero attached hydrogens (tertiary/aromatic N) is 2. The van der Waals surface area contributed by atoms with Gasteiger partial charge in [-0.1, -0.05) is 15.9 Å². The summed E-state index contributed by atoms with van der Waals surface area (Å²) >= 11 is 3.16. The second-order valence-electron chi connectivity index (χ2n) is 2.99. The van der Waals surface area contributed by atoms with Crippen molar-refractivity contribution in [2.24, 2.45) is 0 Å². The molecule has 0 aliphatic heterocycles. The van der Waals surface area contributed by atoms with E-state index in [2.05, 4.69) is 25.9 Å². The summed E-state index contributed by atoms with van der Waals surface area (Å²) in [6.45, 7) is 0. The quantitative estimate of drug-likeness (QED) is 0.921. The Morgan fingerprint density at radius 3 is 2.81 bits per heavy atom. The lowest BCUT2D eigenvalue weighted by Crippen LogP contribution is -1.95. The summed E-state index contributed by atoms with van der Waals surface area (Å²) < 4.78 is 19.0. The fourth-order valence-corrected chi connectivity index (χ4v) is 1.56. The van der Waals surface area contributed by atoms with E-state index in [0.717, 1.165) is 0 Å². The Morgan fingerprint density at radius 1 is 1.31 bits per heavy atom. The van der Waals surface area contributed by atoms with Crippen LogP contribution < -0.4 is 10.5 Å². The van der Waals surface area contributed by atoms with Gasteiger partial charge in [0.1, 0.15) is 23.6 Å². The molecule has 0 unspecified atom stereocenters. The summed E-state index contributed by atoms with van der Waals surface area (Å²) in [4.78, 5) is 7.56. The topological polar surface area (TPSA) is 61.0 Å². The van der Waals surface area contributed by atoms with Crippen molar-refractivity contribution in [2.45, 2.75) is 0 Å². The largest absolute Gasteiger partial charge is 0.437 e. The van der Waals surface area contributed by atoms with E-state index < -0.39 is 5.82 Å². The summed E-state index contributed by atoms with van der Waals surface area (Å²) in [5.41, 5.74) is 5.88. The number of halogens is 2. The average Bonchev–Trinajstić information content (AvgIpc) is 2.20. The molecular weight excluding hydrogens is 277 g/mol. The number of hydrogen-bond donors (Lipinski definition) is 1. The van der Waals surface area contributed by atoms with Crippen LogP contribution in [0, 0.1) is 5.82 Å². The predicted octanol–water partition coefficient (Wildman–Crippen LogP) is 2.75. The monoisotopic (exact) mass is 283 g/mol. The molecule has 0 fully saturated rings. The van der Waals surface area contributed by atoms with Gasteiger partial charge in [0, 0.05) is 10.5 Å². The number of ether oxygens (including phenoxy) is 1. The van der Waals surface area contributed by atoms with E-state index in [9.17, 15) is 4.39 Å². The first-order valence-corrected chi connectivity index (χ1v) is 5.14. The number of nitrogen functional groups attached to an aromatic ring is 1. The third kappa shape index (κ3) is 2.46. The minimum atomic E-state index is -0.406. The van der Waals surface area contributed by atoms with Gasteiger partial charge in [0.2, 0.25) is 5.88 Å². The van der Waals surface area contributed by atoms with E-state index in [1.807, 2.05) is 0 Å². The number of anilines is 1. The fraction of sp³-hybridized carbons (Fsp3) is 0. The first-order chi connectivity index (χ1) is 7.65. The normalized spacial score (nSPS) is 10.1. The van der Waals surface area contributed by atoms with Gasteiger partial charge in [-0.15, -0.1) is 0 Å². The molecule has 0 saturated heterocycles. The fourth-order valence-electron chi connectivity index (χ4n) is 1.11. The van der Waals surface area contributed by atoms with Crippen LogP contribution in [0.25, 0.3) is 0 Å². The zero-order valence-corrected chi connectivity index (χ0v) is 9.61. The third-order valence-electron chi connectivity index (χ3n) is 1.75. The maximum Gasteiger partial charge on any atom is 0.245 e. The lowest BCUT2D eigenvalue weighted by molar-refractivity contribution is 0.459. The van der Waals surface area contributed by atoms with Gasteiger partial charge < -0.3 is 10.5 Å². The highest BCUT2D eigenvalue weighted by Crippen LogP contribution is 2.27. The zero-order chi connectivity index (χ0) is 11.5. The molecule has 0 saturated carbocycles. The molecule has 1 aromatic heterocycles. The summed E-state index contributed by atoms with van der Waals surface area (Å²) in [5.74, 6) is 0.113. The molecule has 0 radical (unpaired) electrons. The van der Waals surface area contributed by atoms with E-state index >= 15 is 0 Å². The summed E-state index contributed by atoms with van der Waals surface area (Å²) in [5, 5.41) is 0. The molecular formula is C10H7BrFN3O. The van der Waals surface area contributed by atoms with E-state index in [0.29, 0.717) is 15.9 Å². The molecule has 82 valence electrons. The van der Waals surface area contributed by atoms with Gasteiger partial charge in [-0.25, -0.2) is 9.37 Å². The molecule has 0 spiro atoms. The van der Waals surface area contributed by atoms with Gasteiger partial charge in [-0.3, -0.25) is 0 Å². The number of aromatic nitrogens is 2. The smallest absolute Gasteiger partial charge is 0.245 e. The molecule has 0 aliphatic rings. The van der Waals surface area contributed by atoms with Crippen LogP contribution >= 0.6 is 15.9 Å². The molecule has 1 aromatic carbocycles. The zero-order valence-electron chi connectivity index (χ0n) is 8.02. The average molecular weight is 284 g/mol. The Morgan fingerprint density at radius 2 is 2.12 bits per heavy atom. The van der Waals surface area contributed by atoms with Gasteiger partial charge in [-0.05, 0) is 12.1 Å².